The van der Waals surface area contributed by atoms with Crippen LogP contribution in [0.1, 0.15) is 41.6 Å². The molecule has 0 heterocycles. The number of hydrogen-bond acceptors (Lipinski definition) is 3. The molecule has 0 saturated heterocycles. The van der Waals surface area contributed by atoms with Crippen LogP contribution in [0.5, 0.6) is 0 Å². The second-order valence-electron chi connectivity index (χ2n) is 6.46. The summed E-state index contributed by atoms with van der Waals surface area (Å²) in [6, 6.07) is 5.24. The van der Waals surface area contributed by atoms with E-state index in [1.165, 1.54) is 12.1 Å². The molecule has 6 heteroatoms. The van der Waals surface area contributed by atoms with Gasteiger partial charge in [-0.05, 0) is 79.8 Å². The molecule has 4 nitrogen and oxygen atoms in total. The molecule has 0 spiro atoms. The van der Waals surface area contributed by atoms with Gasteiger partial charge in [0, 0.05) is 5.56 Å². The Kier molecular flexibility index (Phi) is 6.66. The Labute approximate surface area is 157 Å². The van der Waals surface area contributed by atoms with E-state index in [2.05, 4.69) is 5.32 Å². The molecule has 2 rings (SSSR count). The Balaban J connectivity index is 2.57. The molecule has 0 fully saturated rings. The number of rotatable bonds is 7. The average Bonchev–Trinajstić information content (AvgIpc) is 2.56. The van der Waals surface area contributed by atoms with Crippen LogP contribution in [-0.4, -0.2) is 19.0 Å². The van der Waals surface area contributed by atoms with E-state index in [1.807, 2.05) is 0 Å². The molecule has 0 aromatic heterocycles. The van der Waals surface area contributed by atoms with Gasteiger partial charge in [0.25, 0.3) is 0 Å². The molecule has 1 atom stereocenters. The van der Waals surface area contributed by atoms with Crippen molar-refractivity contribution < 1.29 is 23.1 Å². The third-order valence-electron chi connectivity index (χ3n) is 4.39. The van der Waals surface area contributed by atoms with Crippen molar-refractivity contribution in [1.82, 2.24) is 5.32 Å². The average molecular weight is 375 g/mol. The maximum absolute atomic E-state index is 14.8. The highest BCUT2D eigenvalue weighted by atomic mass is 19.1. The monoisotopic (exact) mass is 375 g/mol. The van der Waals surface area contributed by atoms with E-state index in [0.29, 0.717) is 17.5 Å². The molecule has 0 aliphatic rings. The van der Waals surface area contributed by atoms with E-state index in [9.17, 15) is 18.4 Å². The van der Waals surface area contributed by atoms with Gasteiger partial charge in [0.05, 0.1) is 19.1 Å². The fraction of sp³-hybridized carbons (Fsp3) is 0.333. The van der Waals surface area contributed by atoms with Gasteiger partial charge in [-0.2, -0.15) is 0 Å². The highest BCUT2D eigenvalue weighted by Gasteiger charge is 2.22. The molecule has 2 aromatic carbocycles. The molecule has 27 heavy (non-hydrogen) atoms. The van der Waals surface area contributed by atoms with E-state index in [4.69, 9.17) is 4.74 Å². The maximum atomic E-state index is 14.8. The summed E-state index contributed by atoms with van der Waals surface area (Å²) in [6.45, 7) is 7.04. The van der Waals surface area contributed by atoms with Crippen LogP contribution in [0.3, 0.4) is 0 Å². The number of carbonyl (C=O) groups excluding carboxylic acids is 2. The molecule has 1 unspecified atom stereocenters. The predicted molar refractivity (Wildman–Crippen MR) is 99.2 cm³/mol. The Morgan fingerprint density at radius 3 is 2.30 bits per heavy atom. The molecule has 0 radical (unpaired) electrons. The Morgan fingerprint density at radius 2 is 1.74 bits per heavy atom. The molecule has 1 N–H and O–H groups in total. The van der Waals surface area contributed by atoms with Crippen LogP contribution in [0.25, 0.3) is 11.1 Å². The molecule has 0 saturated carbocycles. The number of carbonyl (C=O) groups is 2. The molecule has 144 valence electrons. The van der Waals surface area contributed by atoms with Crippen molar-refractivity contribution in [3.63, 3.8) is 0 Å². The number of esters is 1. The highest BCUT2D eigenvalue weighted by Crippen LogP contribution is 2.33. The largest absolute Gasteiger partial charge is 0.466 e. The van der Waals surface area contributed by atoms with Crippen molar-refractivity contribution in [1.29, 1.82) is 0 Å². The summed E-state index contributed by atoms with van der Waals surface area (Å²) in [7, 11) is 0. The lowest BCUT2D eigenvalue weighted by Crippen LogP contribution is -2.24. The zero-order chi connectivity index (χ0) is 20.1. The zero-order valence-corrected chi connectivity index (χ0v) is 15.9. The summed E-state index contributed by atoms with van der Waals surface area (Å²) in [5.74, 6) is -1.37. The topological polar surface area (TPSA) is 55.4 Å². The molecule has 0 bridgehead atoms. The summed E-state index contributed by atoms with van der Waals surface area (Å²) >= 11 is 0. The molecular formula is C21H23F2NO3. The van der Waals surface area contributed by atoms with Crippen molar-refractivity contribution in [3.8, 4) is 11.1 Å². The molecule has 0 aliphatic heterocycles. The Bertz CT molecular complexity index is 842. The van der Waals surface area contributed by atoms with Crippen molar-refractivity contribution in [2.24, 2.45) is 0 Å². The third kappa shape index (κ3) is 4.70. The highest BCUT2D eigenvalue weighted by molar-refractivity contribution is 5.74. The summed E-state index contributed by atoms with van der Waals surface area (Å²) in [5.41, 5.74) is 3.48. The molecular weight excluding hydrogens is 352 g/mol. The van der Waals surface area contributed by atoms with Crippen molar-refractivity contribution in [3.05, 3.63) is 58.2 Å². The maximum Gasteiger partial charge on any atom is 0.308 e. The normalized spacial score (nSPS) is 11.8. The minimum Gasteiger partial charge on any atom is -0.466 e. The van der Waals surface area contributed by atoms with Crippen LogP contribution in [0.4, 0.5) is 8.78 Å². The minimum absolute atomic E-state index is 0.187. The smallest absolute Gasteiger partial charge is 0.308 e. The summed E-state index contributed by atoms with van der Waals surface area (Å²) in [5, 5.41) is 2.49. The molecule has 0 aliphatic carbocycles. The quantitative estimate of drug-likeness (QED) is 0.580. The lowest BCUT2D eigenvalue weighted by molar-refractivity contribution is -0.143. The SMILES string of the molecule is CCOC(=O)CC(NC=O)c1cc(-c2c(C)cc(F)cc2C)cc(C)c1F. The number of amides is 1. The second-order valence-corrected chi connectivity index (χ2v) is 6.46. The lowest BCUT2D eigenvalue weighted by atomic mass is 9.90. The predicted octanol–water partition coefficient (Wildman–Crippen LogP) is 4.30. The zero-order valence-electron chi connectivity index (χ0n) is 15.9. The molecule has 1 amide bonds. The fourth-order valence-corrected chi connectivity index (χ4v) is 3.29. The fourth-order valence-electron chi connectivity index (χ4n) is 3.29. The number of hydrogen-bond donors (Lipinski definition) is 1. The van der Waals surface area contributed by atoms with Gasteiger partial charge in [0.1, 0.15) is 11.6 Å². The van der Waals surface area contributed by atoms with E-state index in [-0.39, 0.29) is 24.4 Å². The van der Waals surface area contributed by atoms with Crippen molar-refractivity contribution >= 4 is 12.4 Å². The minimum atomic E-state index is -0.860. The summed E-state index contributed by atoms with van der Waals surface area (Å²) < 4.78 is 33.4. The van der Waals surface area contributed by atoms with Crippen LogP contribution in [0.15, 0.2) is 24.3 Å². The molecule has 2 aromatic rings. The standard InChI is InChI=1S/C21H23F2NO3/c1-5-27-19(26)10-18(24-11-25)17-9-15(6-14(4)21(17)23)20-12(2)7-16(22)8-13(20)3/h6-9,11,18H,5,10H2,1-4H3,(H,24,25). The van der Waals surface area contributed by atoms with E-state index in [0.717, 1.165) is 16.7 Å². The first kappa shape index (κ1) is 20.6. The van der Waals surface area contributed by atoms with Crippen molar-refractivity contribution in [2.45, 2.75) is 40.2 Å². The van der Waals surface area contributed by atoms with Gasteiger partial charge in [0.2, 0.25) is 6.41 Å². The van der Waals surface area contributed by atoms with E-state index in [1.54, 1.807) is 39.8 Å². The van der Waals surface area contributed by atoms with Gasteiger partial charge < -0.3 is 10.1 Å². The van der Waals surface area contributed by atoms with E-state index >= 15 is 0 Å². The van der Waals surface area contributed by atoms with Gasteiger partial charge in [-0.15, -0.1) is 0 Å². The van der Waals surface area contributed by atoms with Gasteiger partial charge in [-0.3, -0.25) is 9.59 Å². The first-order valence-corrected chi connectivity index (χ1v) is 8.70. The first-order chi connectivity index (χ1) is 12.8. The van der Waals surface area contributed by atoms with Gasteiger partial charge >= 0.3 is 5.97 Å². The lowest BCUT2D eigenvalue weighted by Gasteiger charge is -2.20. The van der Waals surface area contributed by atoms with Crippen molar-refractivity contribution in [2.75, 3.05) is 6.61 Å². The Morgan fingerprint density at radius 1 is 1.11 bits per heavy atom. The third-order valence-corrected chi connectivity index (χ3v) is 4.39. The first-order valence-electron chi connectivity index (χ1n) is 8.70. The number of aryl methyl sites for hydroxylation is 3. The van der Waals surface area contributed by atoms with Crippen LogP contribution in [0, 0.1) is 32.4 Å². The van der Waals surface area contributed by atoms with Crippen LogP contribution in [-0.2, 0) is 14.3 Å². The second kappa shape index (κ2) is 8.75. The number of benzene rings is 2. The van der Waals surface area contributed by atoms with E-state index < -0.39 is 17.8 Å². The van der Waals surface area contributed by atoms with Crippen LogP contribution < -0.4 is 5.32 Å². The van der Waals surface area contributed by atoms with Gasteiger partial charge in [0.15, 0.2) is 0 Å². The van der Waals surface area contributed by atoms with Crippen LogP contribution in [0.2, 0.25) is 0 Å². The number of ether oxygens (including phenoxy) is 1. The summed E-state index contributed by atoms with van der Waals surface area (Å²) in [4.78, 5) is 22.9. The number of halogens is 2. The Hall–Kier alpha value is -2.76. The number of nitrogens with one attached hydrogen (secondary N) is 1. The van der Waals surface area contributed by atoms with Crippen LogP contribution >= 0.6 is 0 Å². The van der Waals surface area contributed by atoms with Gasteiger partial charge in [-0.25, -0.2) is 8.78 Å². The summed E-state index contributed by atoms with van der Waals surface area (Å²) in [6.07, 6.45) is 0.244. The van der Waals surface area contributed by atoms with Gasteiger partial charge in [-0.1, -0.05) is 0 Å².